The van der Waals surface area contributed by atoms with Crippen molar-refractivity contribution in [2.45, 2.75) is 4.90 Å². The zero-order chi connectivity index (χ0) is 14.8. The van der Waals surface area contributed by atoms with Crippen LogP contribution in [0.1, 0.15) is 10.5 Å². The van der Waals surface area contributed by atoms with Crippen LogP contribution in [0.15, 0.2) is 47.5 Å². The quantitative estimate of drug-likeness (QED) is 0.511. The van der Waals surface area contributed by atoms with Gasteiger partial charge in [0.15, 0.2) is 15.6 Å². The Balaban J connectivity index is 2.21. The Labute approximate surface area is 114 Å². The van der Waals surface area contributed by atoms with Crippen molar-refractivity contribution in [2.24, 2.45) is 0 Å². The zero-order valence-electron chi connectivity index (χ0n) is 10.1. The summed E-state index contributed by atoms with van der Waals surface area (Å²) in [6.07, 6.45) is 1.04. The van der Waals surface area contributed by atoms with Crippen LogP contribution in [0.5, 0.6) is 0 Å². The van der Waals surface area contributed by atoms with Gasteiger partial charge in [0.1, 0.15) is 5.75 Å². The number of hydrogen-bond donors (Lipinski definition) is 1. The molecule has 1 heterocycles. The number of aromatic nitrogens is 1. The molecule has 1 aromatic heterocycles. The van der Waals surface area contributed by atoms with E-state index in [1.54, 1.807) is 18.2 Å². The Morgan fingerprint density at radius 1 is 1.25 bits per heavy atom. The summed E-state index contributed by atoms with van der Waals surface area (Å²) in [5.74, 6) is -1.46. The van der Waals surface area contributed by atoms with Gasteiger partial charge >= 0.3 is 0 Å². The predicted molar refractivity (Wildman–Crippen MR) is 70.3 cm³/mol. The second-order valence-electron chi connectivity index (χ2n) is 4.02. The Morgan fingerprint density at radius 3 is 2.45 bits per heavy atom. The molecule has 8 heteroatoms. The molecular weight excluding hydrogens is 284 g/mol. The molecular formula is C12H10N2O5S. The van der Waals surface area contributed by atoms with Gasteiger partial charge in [-0.15, -0.1) is 0 Å². The average Bonchev–Trinajstić information content (AvgIpc) is 2.89. The maximum Gasteiger partial charge on any atom is 0.287 e. The molecule has 0 amide bonds. The fourth-order valence-electron chi connectivity index (χ4n) is 1.61. The standard InChI is InChI=1S/C12H10N2O5S/c15-12(11-6-9(7-13-11)14(16)17)8-20(18,19)10-4-2-1-3-5-10/h1-7,13H,8H2. The van der Waals surface area contributed by atoms with E-state index >= 15 is 0 Å². The normalized spacial score (nSPS) is 11.2. The highest BCUT2D eigenvalue weighted by molar-refractivity contribution is 7.92. The van der Waals surface area contributed by atoms with Crippen LogP contribution in [0, 0.1) is 10.1 Å². The van der Waals surface area contributed by atoms with E-state index in [-0.39, 0.29) is 16.3 Å². The number of hydrogen-bond acceptors (Lipinski definition) is 5. The summed E-state index contributed by atoms with van der Waals surface area (Å²) in [7, 11) is -3.76. The van der Waals surface area contributed by atoms with E-state index in [1.807, 2.05) is 0 Å². The number of nitro groups is 1. The summed E-state index contributed by atoms with van der Waals surface area (Å²) >= 11 is 0. The molecule has 1 aromatic carbocycles. The van der Waals surface area contributed by atoms with Crippen molar-refractivity contribution in [3.63, 3.8) is 0 Å². The second-order valence-corrected chi connectivity index (χ2v) is 6.01. The molecule has 1 N–H and O–H groups in total. The number of aromatic amines is 1. The van der Waals surface area contributed by atoms with Crippen molar-refractivity contribution in [3.05, 3.63) is 58.4 Å². The summed E-state index contributed by atoms with van der Waals surface area (Å²) in [6.45, 7) is 0. The molecule has 2 aromatic rings. The third-order valence-electron chi connectivity index (χ3n) is 2.60. The fourth-order valence-corrected chi connectivity index (χ4v) is 2.85. The number of nitrogens with zero attached hydrogens (tertiary/aromatic N) is 1. The van der Waals surface area contributed by atoms with E-state index in [4.69, 9.17) is 0 Å². The van der Waals surface area contributed by atoms with Crippen molar-refractivity contribution in [2.75, 3.05) is 5.75 Å². The lowest BCUT2D eigenvalue weighted by molar-refractivity contribution is -0.384. The molecule has 0 aliphatic heterocycles. The minimum Gasteiger partial charge on any atom is -0.353 e. The van der Waals surface area contributed by atoms with E-state index in [2.05, 4.69) is 4.98 Å². The highest BCUT2D eigenvalue weighted by Crippen LogP contribution is 2.15. The van der Waals surface area contributed by atoms with Crippen LogP contribution in [0.4, 0.5) is 5.69 Å². The number of H-pyrrole nitrogens is 1. The van der Waals surface area contributed by atoms with Crippen molar-refractivity contribution in [3.8, 4) is 0 Å². The number of ketones is 1. The molecule has 0 aliphatic carbocycles. The molecule has 2 rings (SSSR count). The molecule has 0 radical (unpaired) electrons. The number of nitrogens with one attached hydrogen (secondary N) is 1. The highest BCUT2D eigenvalue weighted by atomic mass is 32.2. The molecule has 0 bridgehead atoms. The molecule has 0 spiro atoms. The van der Waals surface area contributed by atoms with Crippen molar-refractivity contribution in [1.82, 2.24) is 4.98 Å². The lowest BCUT2D eigenvalue weighted by Gasteiger charge is -2.02. The maximum absolute atomic E-state index is 12.0. The van der Waals surface area contributed by atoms with Gasteiger partial charge in [-0.2, -0.15) is 0 Å². The van der Waals surface area contributed by atoms with Gasteiger partial charge in [0.2, 0.25) is 0 Å². The van der Waals surface area contributed by atoms with Crippen LogP contribution in [0.2, 0.25) is 0 Å². The number of Topliss-reactive ketones (excluding diaryl/α,β-unsaturated/α-hetero) is 1. The van der Waals surface area contributed by atoms with Crippen molar-refractivity contribution in [1.29, 1.82) is 0 Å². The number of carbonyl (C=O) groups is 1. The van der Waals surface area contributed by atoms with E-state index in [1.165, 1.54) is 12.1 Å². The van der Waals surface area contributed by atoms with Gasteiger partial charge in [0, 0.05) is 6.07 Å². The van der Waals surface area contributed by atoms with Gasteiger partial charge in [0.25, 0.3) is 5.69 Å². The average molecular weight is 294 g/mol. The number of sulfone groups is 1. The zero-order valence-corrected chi connectivity index (χ0v) is 11.0. The molecule has 0 atom stereocenters. The van der Waals surface area contributed by atoms with Crippen LogP contribution in [-0.2, 0) is 9.84 Å². The molecule has 0 saturated heterocycles. The van der Waals surface area contributed by atoms with E-state index < -0.39 is 26.3 Å². The molecule has 0 saturated carbocycles. The predicted octanol–water partition coefficient (Wildman–Crippen LogP) is 1.58. The maximum atomic E-state index is 12.0. The molecule has 20 heavy (non-hydrogen) atoms. The molecule has 104 valence electrons. The minimum absolute atomic E-state index is 0.0365. The fraction of sp³-hybridized carbons (Fsp3) is 0.0833. The van der Waals surface area contributed by atoms with Gasteiger partial charge < -0.3 is 4.98 Å². The molecule has 0 fully saturated rings. The van der Waals surface area contributed by atoms with Crippen molar-refractivity contribution >= 4 is 21.3 Å². The largest absolute Gasteiger partial charge is 0.353 e. The first-order valence-corrected chi connectivity index (χ1v) is 7.19. The van der Waals surface area contributed by atoms with Crippen molar-refractivity contribution < 1.29 is 18.1 Å². The molecule has 7 nitrogen and oxygen atoms in total. The summed E-state index contributed by atoms with van der Waals surface area (Å²) in [5, 5.41) is 10.5. The third kappa shape index (κ3) is 2.91. The Hall–Kier alpha value is -2.48. The second kappa shape index (κ2) is 5.25. The third-order valence-corrected chi connectivity index (χ3v) is 4.24. The summed E-state index contributed by atoms with van der Waals surface area (Å²) in [5.41, 5.74) is -0.387. The Bertz CT molecular complexity index is 749. The topological polar surface area (TPSA) is 110 Å². The van der Waals surface area contributed by atoms with Crippen LogP contribution < -0.4 is 0 Å². The Morgan fingerprint density at radius 2 is 1.90 bits per heavy atom. The summed E-state index contributed by atoms with van der Waals surface area (Å²) in [6, 6.07) is 8.56. The van der Waals surface area contributed by atoms with Gasteiger partial charge in [-0.25, -0.2) is 8.42 Å². The number of rotatable bonds is 5. The highest BCUT2D eigenvalue weighted by Gasteiger charge is 2.22. The number of carbonyl (C=O) groups excluding carboxylic acids is 1. The van der Waals surface area contributed by atoms with Gasteiger partial charge in [-0.3, -0.25) is 14.9 Å². The molecule has 0 aliphatic rings. The summed E-state index contributed by atoms with van der Waals surface area (Å²) < 4.78 is 24.0. The smallest absolute Gasteiger partial charge is 0.287 e. The van der Waals surface area contributed by atoms with Crippen LogP contribution in [0.25, 0.3) is 0 Å². The lowest BCUT2D eigenvalue weighted by atomic mass is 10.3. The minimum atomic E-state index is -3.76. The van der Waals surface area contributed by atoms with E-state index in [0.29, 0.717) is 0 Å². The number of benzene rings is 1. The van der Waals surface area contributed by atoms with Gasteiger partial charge in [-0.05, 0) is 12.1 Å². The van der Waals surface area contributed by atoms with Crippen LogP contribution in [-0.4, -0.2) is 29.9 Å². The van der Waals surface area contributed by atoms with E-state index in [0.717, 1.165) is 12.3 Å². The monoisotopic (exact) mass is 294 g/mol. The first-order valence-electron chi connectivity index (χ1n) is 5.54. The first-order chi connectivity index (χ1) is 9.40. The van der Waals surface area contributed by atoms with Crippen LogP contribution >= 0.6 is 0 Å². The van der Waals surface area contributed by atoms with Gasteiger partial charge in [0.05, 0.1) is 21.7 Å². The molecule has 0 unspecified atom stereocenters. The summed E-state index contributed by atoms with van der Waals surface area (Å²) in [4.78, 5) is 24.1. The Kier molecular flexibility index (Phi) is 3.66. The SMILES string of the molecule is O=C(CS(=O)(=O)c1ccccc1)c1cc([N+](=O)[O-])c[nH]1. The van der Waals surface area contributed by atoms with E-state index in [9.17, 15) is 23.3 Å². The van der Waals surface area contributed by atoms with Crippen LogP contribution in [0.3, 0.4) is 0 Å². The van der Waals surface area contributed by atoms with Gasteiger partial charge in [-0.1, -0.05) is 18.2 Å². The first kappa shape index (κ1) is 13.9. The lowest BCUT2D eigenvalue weighted by Crippen LogP contribution is -2.16.